The third kappa shape index (κ3) is 3.44. The SMILES string of the molecule is CCNc1nc(OCC)nc(SC2COC2)n1. The molecule has 17 heavy (non-hydrogen) atoms. The van der Waals surface area contributed by atoms with Crippen molar-refractivity contribution in [2.75, 3.05) is 31.7 Å². The Labute approximate surface area is 105 Å². The second-order valence-electron chi connectivity index (χ2n) is 3.46. The van der Waals surface area contributed by atoms with Gasteiger partial charge in [0.05, 0.1) is 25.1 Å². The number of hydrogen-bond acceptors (Lipinski definition) is 7. The standard InChI is InChI=1S/C10H16N4O2S/c1-3-11-8-12-9(16-4-2)14-10(13-8)17-7-5-15-6-7/h7H,3-6H2,1-2H3,(H,11,12,13,14). The van der Waals surface area contributed by atoms with Gasteiger partial charge < -0.3 is 14.8 Å². The van der Waals surface area contributed by atoms with Crippen LogP contribution in [0.1, 0.15) is 13.8 Å². The molecular weight excluding hydrogens is 240 g/mol. The van der Waals surface area contributed by atoms with Crippen LogP contribution in [0.2, 0.25) is 0 Å². The zero-order valence-corrected chi connectivity index (χ0v) is 10.8. The third-order valence-electron chi connectivity index (χ3n) is 2.08. The molecule has 0 aliphatic carbocycles. The van der Waals surface area contributed by atoms with E-state index >= 15 is 0 Å². The Morgan fingerprint density at radius 3 is 2.76 bits per heavy atom. The van der Waals surface area contributed by atoms with E-state index in [1.54, 1.807) is 11.8 Å². The molecule has 0 radical (unpaired) electrons. The highest BCUT2D eigenvalue weighted by Crippen LogP contribution is 2.26. The zero-order chi connectivity index (χ0) is 12.1. The quantitative estimate of drug-likeness (QED) is 0.820. The van der Waals surface area contributed by atoms with Crippen molar-refractivity contribution in [2.45, 2.75) is 24.3 Å². The van der Waals surface area contributed by atoms with Gasteiger partial charge in [-0.2, -0.15) is 15.0 Å². The van der Waals surface area contributed by atoms with Crippen LogP contribution >= 0.6 is 11.8 Å². The maximum atomic E-state index is 5.32. The van der Waals surface area contributed by atoms with Crippen LogP contribution in [0.4, 0.5) is 5.95 Å². The van der Waals surface area contributed by atoms with Crippen LogP contribution in [0.25, 0.3) is 0 Å². The normalized spacial score (nSPS) is 15.4. The minimum atomic E-state index is 0.376. The van der Waals surface area contributed by atoms with Gasteiger partial charge in [-0.05, 0) is 13.8 Å². The first kappa shape index (κ1) is 12.4. The van der Waals surface area contributed by atoms with E-state index in [1.807, 2.05) is 13.8 Å². The Balaban J connectivity index is 2.10. The summed E-state index contributed by atoms with van der Waals surface area (Å²) in [7, 11) is 0. The summed E-state index contributed by atoms with van der Waals surface area (Å²) in [5, 5.41) is 4.20. The molecule has 1 fully saturated rings. The van der Waals surface area contributed by atoms with Crippen LogP contribution in [-0.4, -0.2) is 46.6 Å². The van der Waals surface area contributed by atoms with Crippen molar-refractivity contribution in [1.82, 2.24) is 15.0 Å². The van der Waals surface area contributed by atoms with E-state index in [0.717, 1.165) is 19.8 Å². The summed E-state index contributed by atoms with van der Waals surface area (Å²) in [6.45, 7) is 6.74. The molecule has 1 aromatic rings. The van der Waals surface area contributed by atoms with E-state index in [9.17, 15) is 0 Å². The Morgan fingerprint density at radius 1 is 1.35 bits per heavy atom. The smallest absolute Gasteiger partial charge is 0.322 e. The van der Waals surface area contributed by atoms with Gasteiger partial charge >= 0.3 is 6.01 Å². The fourth-order valence-corrected chi connectivity index (χ4v) is 2.15. The summed E-state index contributed by atoms with van der Waals surface area (Å²) in [5.41, 5.74) is 0. The van der Waals surface area contributed by atoms with E-state index in [2.05, 4.69) is 20.3 Å². The first-order valence-electron chi connectivity index (χ1n) is 5.69. The number of ether oxygens (including phenoxy) is 2. The van der Waals surface area contributed by atoms with E-state index in [-0.39, 0.29) is 0 Å². The first-order chi connectivity index (χ1) is 8.31. The zero-order valence-electron chi connectivity index (χ0n) is 9.97. The molecule has 7 heteroatoms. The molecule has 2 rings (SSSR count). The monoisotopic (exact) mass is 256 g/mol. The second kappa shape index (κ2) is 6.02. The minimum Gasteiger partial charge on any atom is -0.464 e. The Morgan fingerprint density at radius 2 is 2.18 bits per heavy atom. The summed E-state index contributed by atoms with van der Waals surface area (Å²) >= 11 is 1.60. The second-order valence-corrected chi connectivity index (χ2v) is 4.73. The number of nitrogens with one attached hydrogen (secondary N) is 1. The molecule has 1 aromatic heterocycles. The highest BCUT2D eigenvalue weighted by Gasteiger charge is 2.21. The fourth-order valence-electron chi connectivity index (χ4n) is 1.25. The molecule has 0 spiro atoms. The van der Waals surface area contributed by atoms with Crippen LogP contribution in [-0.2, 0) is 4.74 Å². The summed E-state index contributed by atoms with van der Waals surface area (Å²) in [6, 6.07) is 0.376. The molecule has 94 valence electrons. The molecule has 1 aliphatic rings. The molecule has 0 saturated carbocycles. The molecule has 0 unspecified atom stereocenters. The Bertz CT molecular complexity index is 349. The number of anilines is 1. The molecule has 1 saturated heterocycles. The molecule has 1 N–H and O–H groups in total. The van der Waals surface area contributed by atoms with Crippen LogP contribution in [0.15, 0.2) is 5.16 Å². The largest absolute Gasteiger partial charge is 0.464 e. The van der Waals surface area contributed by atoms with Crippen molar-refractivity contribution in [1.29, 1.82) is 0 Å². The lowest BCUT2D eigenvalue weighted by Crippen LogP contribution is -2.30. The van der Waals surface area contributed by atoms with E-state index in [0.29, 0.717) is 29.0 Å². The van der Waals surface area contributed by atoms with Crippen LogP contribution in [0.3, 0.4) is 0 Å². The number of hydrogen-bond donors (Lipinski definition) is 1. The topological polar surface area (TPSA) is 69.2 Å². The lowest BCUT2D eigenvalue weighted by atomic mass is 10.4. The van der Waals surface area contributed by atoms with Crippen LogP contribution < -0.4 is 10.1 Å². The van der Waals surface area contributed by atoms with Gasteiger partial charge in [-0.15, -0.1) is 0 Å². The molecule has 1 aliphatic heterocycles. The van der Waals surface area contributed by atoms with Gasteiger partial charge in [0.15, 0.2) is 5.16 Å². The lowest BCUT2D eigenvalue weighted by Gasteiger charge is -2.24. The van der Waals surface area contributed by atoms with E-state index in [1.165, 1.54) is 0 Å². The van der Waals surface area contributed by atoms with Gasteiger partial charge in [-0.25, -0.2) is 0 Å². The molecule has 6 nitrogen and oxygen atoms in total. The van der Waals surface area contributed by atoms with Gasteiger partial charge in [0.25, 0.3) is 0 Å². The molecule has 0 bridgehead atoms. The van der Waals surface area contributed by atoms with Crippen molar-refractivity contribution in [3.05, 3.63) is 0 Å². The van der Waals surface area contributed by atoms with Crippen LogP contribution in [0.5, 0.6) is 6.01 Å². The van der Waals surface area contributed by atoms with Crippen LogP contribution in [0, 0.1) is 0 Å². The summed E-state index contributed by atoms with van der Waals surface area (Å²) in [6.07, 6.45) is 0. The average molecular weight is 256 g/mol. The van der Waals surface area contributed by atoms with Crippen molar-refractivity contribution in [3.63, 3.8) is 0 Å². The van der Waals surface area contributed by atoms with Gasteiger partial charge in [0.1, 0.15) is 0 Å². The van der Waals surface area contributed by atoms with Crippen molar-refractivity contribution < 1.29 is 9.47 Å². The minimum absolute atomic E-state index is 0.376. The Hall–Kier alpha value is -1.08. The average Bonchev–Trinajstić information content (AvgIpc) is 2.24. The molecule has 2 heterocycles. The number of aromatic nitrogens is 3. The Kier molecular flexibility index (Phi) is 4.38. The number of thioether (sulfide) groups is 1. The predicted octanol–water partition coefficient (Wildman–Crippen LogP) is 1.19. The summed E-state index contributed by atoms with van der Waals surface area (Å²) in [5.74, 6) is 0.564. The lowest BCUT2D eigenvalue weighted by molar-refractivity contribution is 0.0454. The highest BCUT2D eigenvalue weighted by atomic mass is 32.2. The number of nitrogens with zero attached hydrogens (tertiary/aromatic N) is 3. The highest BCUT2D eigenvalue weighted by molar-refractivity contribution is 7.99. The van der Waals surface area contributed by atoms with Gasteiger partial charge in [0, 0.05) is 6.54 Å². The molecule has 0 amide bonds. The molecular formula is C10H16N4O2S. The van der Waals surface area contributed by atoms with Gasteiger partial charge in [0.2, 0.25) is 5.95 Å². The summed E-state index contributed by atoms with van der Waals surface area (Å²) in [4.78, 5) is 12.7. The third-order valence-corrected chi connectivity index (χ3v) is 3.08. The van der Waals surface area contributed by atoms with E-state index < -0.39 is 0 Å². The van der Waals surface area contributed by atoms with Crippen molar-refractivity contribution in [3.8, 4) is 6.01 Å². The van der Waals surface area contributed by atoms with Gasteiger partial charge in [-0.3, -0.25) is 0 Å². The van der Waals surface area contributed by atoms with Crippen molar-refractivity contribution in [2.24, 2.45) is 0 Å². The summed E-state index contributed by atoms with van der Waals surface area (Å²) < 4.78 is 10.4. The van der Waals surface area contributed by atoms with Crippen molar-refractivity contribution >= 4 is 17.7 Å². The first-order valence-corrected chi connectivity index (χ1v) is 6.57. The van der Waals surface area contributed by atoms with E-state index in [4.69, 9.17) is 9.47 Å². The van der Waals surface area contributed by atoms with Gasteiger partial charge in [-0.1, -0.05) is 11.8 Å². The molecule has 0 aromatic carbocycles. The maximum absolute atomic E-state index is 5.32. The molecule has 0 atom stereocenters. The predicted molar refractivity (Wildman–Crippen MR) is 65.6 cm³/mol. The maximum Gasteiger partial charge on any atom is 0.322 e. The fraction of sp³-hybridized carbons (Fsp3) is 0.700. The number of rotatable bonds is 6.